The molecule has 2 aromatic carbocycles. The number of hydrogen-bond donors (Lipinski definition) is 0. The van der Waals surface area contributed by atoms with Crippen LogP contribution in [0.1, 0.15) is 83.8 Å². The molecule has 0 saturated heterocycles. The van der Waals surface area contributed by atoms with E-state index >= 15 is 0 Å². The Morgan fingerprint density at radius 2 is 1.30 bits per heavy atom. The Morgan fingerprint density at radius 1 is 0.800 bits per heavy atom. The quantitative estimate of drug-likeness (QED) is 0.359. The molecule has 7 heteroatoms. The molecule has 0 radical (unpaired) electrons. The van der Waals surface area contributed by atoms with Gasteiger partial charge in [-0.1, -0.05) is 64.4 Å². The number of rotatable bonds is 6. The highest BCUT2D eigenvalue weighted by atomic mass is 32.2. The zero-order valence-corrected chi connectivity index (χ0v) is 25.2. The average Bonchev–Trinajstić information content (AvgIpc) is 2.84. The number of Topliss-reactive ketones (excluding diaryl/α,β-unsaturated/α-hetero) is 2. The minimum absolute atomic E-state index is 0.0842. The van der Waals surface area contributed by atoms with Crippen LogP contribution in [-0.4, -0.2) is 31.4 Å². The van der Waals surface area contributed by atoms with Crippen molar-refractivity contribution >= 4 is 21.7 Å². The van der Waals surface area contributed by atoms with Crippen LogP contribution >= 0.6 is 0 Å². The first kappa shape index (κ1) is 28.3. The van der Waals surface area contributed by atoms with E-state index in [0.29, 0.717) is 12.8 Å². The van der Waals surface area contributed by atoms with Crippen LogP contribution < -0.4 is 4.18 Å². The second-order valence-electron chi connectivity index (χ2n) is 13.1. The van der Waals surface area contributed by atoms with Gasteiger partial charge in [0.05, 0.1) is 0 Å². The Bertz CT molecular complexity index is 1470. The first-order valence-electron chi connectivity index (χ1n) is 14.1. The van der Waals surface area contributed by atoms with Crippen LogP contribution in [0, 0.1) is 17.8 Å². The van der Waals surface area contributed by atoms with Gasteiger partial charge in [-0.05, 0) is 66.8 Å². The topological polar surface area (TPSA) is 80.8 Å². The van der Waals surface area contributed by atoms with Crippen molar-refractivity contribution < 1.29 is 22.2 Å². The lowest BCUT2D eigenvalue weighted by atomic mass is 9.63. The van der Waals surface area contributed by atoms with E-state index in [-0.39, 0.29) is 33.0 Å². The van der Waals surface area contributed by atoms with E-state index in [9.17, 15) is 18.0 Å². The molecule has 0 aromatic heterocycles. The molecule has 0 unspecified atom stereocenters. The van der Waals surface area contributed by atoms with Gasteiger partial charge in [0, 0.05) is 47.8 Å². The van der Waals surface area contributed by atoms with Gasteiger partial charge in [-0.3, -0.25) is 9.59 Å². The summed E-state index contributed by atoms with van der Waals surface area (Å²) in [5.74, 6) is -0.107. The lowest BCUT2D eigenvalue weighted by Gasteiger charge is -2.49. The molecule has 0 amide bonds. The summed E-state index contributed by atoms with van der Waals surface area (Å²) in [5, 5.41) is 0. The van der Waals surface area contributed by atoms with Crippen LogP contribution in [0.15, 0.2) is 76.0 Å². The first-order valence-corrected chi connectivity index (χ1v) is 15.5. The number of benzene rings is 2. The Kier molecular flexibility index (Phi) is 7.10. The third-order valence-electron chi connectivity index (χ3n) is 8.20. The van der Waals surface area contributed by atoms with Crippen LogP contribution in [0.2, 0.25) is 0 Å². The van der Waals surface area contributed by atoms with Crippen molar-refractivity contribution in [1.29, 1.82) is 0 Å². The van der Waals surface area contributed by atoms with Gasteiger partial charge < -0.3 is 9.08 Å². The van der Waals surface area contributed by atoms with Crippen LogP contribution in [0.3, 0.4) is 0 Å². The molecular weight excluding hydrogens is 522 g/mol. The normalized spacial score (nSPS) is 20.9. The number of carbonyl (C=O) groups is 2. The van der Waals surface area contributed by atoms with Gasteiger partial charge in [-0.25, -0.2) is 0 Å². The van der Waals surface area contributed by atoms with E-state index in [1.165, 1.54) is 12.1 Å². The standard InChI is InChI=1S/C33H39NO5S/c1-7-16-34-25-17-32(3,4)19-27(35)30(25)29(31-26(34)18-33(5,6)20-28(31)36)22-10-12-23(13-11-22)39-40(37,38)24-14-8-21(2)9-15-24/h8-15,29H,7,16-20H2,1-6H3. The fourth-order valence-electron chi connectivity index (χ4n) is 6.47. The molecule has 5 rings (SSSR count). The molecular formula is C33H39NO5S. The monoisotopic (exact) mass is 561 g/mol. The van der Waals surface area contributed by atoms with E-state index in [1.807, 2.05) is 6.92 Å². The molecule has 1 aliphatic heterocycles. The van der Waals surface area contributed by atoms with Crippen molar-refractivity contribution in [2.24, 2.45) is 10.8 Å². The maximum atomic E-state index is 13.8. The zero-order valence-electron chi connectivity index (χ0n) is 24.3. The summed E-state index contributed by atoms with van der Waals surface area (Å²) < 4.78 is 31.1. The number of hydrogen-bond acceptors (Lipinski definition) is 6. The number of carbonyl (C=O) groups excluding carboxylic acids is 2. The van der Waals surface area contributed by atoms with Crippen molar-refractivity contribution in [3.05, 3.63) is 82.2 Å². The van der Waals surface area contributed by atoms with Crippen LogP contribution in [0.25, 0.3) is 0 Å². The highest BCUT2D eigenvalue weighted by Gasteiger charge is 2.48. The molecule has 0 bridgehead atoms. The van der Waals surface area contributed by atoms with Crippen molar-refractivity contribution in [1.82, 2.24) is 4.90 Å². The summed E-state index contributed by atoms with van der Waals surface area (Å²) in [6, 6.07) is 13.3. The van der Waals surface area contributed by atoms with Gasteiger partial charge in [0.2, 0.25) is 0 Å². The van der Waals surface area contributed by atoms with E-state index in [1.54, 1.807) is 36.4 Å². The number of ketones is 2. The highest BCUT2D eigenvalue weighted by Crippen LogP contribution is 2.54. The lowest BCUT2D eigenvalue weighted by Crippen LogP contribution is -2.44. The van der Waals surface area contributed by atoms with Crippen LogP contribution in [-0.2, 0) is 19.7 Å². The van der Waals surface area contributed by atoms with E-state index in [0.717, 1.165) is 59.5 Å². The fraction of sp³-hybridized carbons (Fsp3) is 0.455. The summed E-state index contributed by atoms with van der Waals surface area (Å²) in [6.45, 7) is 13.3. The first-order chi connectivity index (χ1) is 18.7. The second-order valence-corrected chi connectivity index (χ2v) is 14.7. The maximum absolute atomic E-state index is 13.8. The molecule has 40 heavy (non-hydrogen) atoms. The molecule has 0 N–H and O–H groups in total. The number of nitrogens with zero attached hydrogens (tertiary/aromatic N) is 1. The molecule has 0 saturated carbocycles. The summed E-state index contributed by atoms with van der Waals surface area (Å²) >= 11 is 0. The van der Waals surface area contributed by atoms with Gasteiger partial charge in [-0.15, -0.1) is 0 Å². The Balaban J connectivity index is 1.59. The largest absolute Gasteiger partial charge is 0.379 e. The highest BCUT2D eigenvalue weighted by molar-refractivity contribution is 7.87. The van der Waals surface area contributed by atoms with E-state index in [2.05, 4.69) is 39.5 Å². The van der Waals surface area contributed by atoms with Gasteiger partial charge in [-0.2, -0.15) is 8.42 Å². The third kappa shape index (κ3) is 5.28. The molecule has 1 heterocycles. The van der Waals surface area contributed by atoms with Crippen LogP contribution in [0.4, 0.5) is 0 Å². The third-order valence-corrected chi connectivity index (χ3v) is 9.46. The smallest absolute Gasteiger partial charge is 0.339 e. The summed E-state index contributed by atoms with van der Waals surface area (Å²) in [5.41, 5.74) is 4.95. The molecule has 2 aliphatic carbocycles. The molecule has 0 fully saturated rings. The number of aryl methyl sites for hydroxylation is 1. The van der Waals surface area contributed by atoms with E-state index < -0.39 is 16.0 Å². The summed E-state index contributed by atoms with van der Waals surface area (Å²) in [6.07, 6.45) is 3.31. The SMILES string of the molecule is CCCN1C2=C(C(=O)CC(C)(C)C2)C(c2ccc(OS(=O)(=O)c3ccc(C)cc3)cc2)C2=C1CC(C)(C)CC2=O. The Morgan fingerprint density at radius 3 is 1.77 bits per heavy atom. The number of allylic oxidation sites excluding steroid dienone is 4. The zero-order chi connectivity index (χ0) is 29.0. The van der Waals surface area contributed by atoms with Gasteiger partial charge in [0.25, 0.3) is 0 Å². The maximum Gasteiger partial charge on any atom is 0.339 e. The predicted molar refractivity (Wildman–Crippen MR) is 155 cm³/mol. The fourth-order valence-corrected chi connectivity index (χ4v) is 7.40. The van der Waals surface area contributed by atoms with Crippen molar-refractivity contribution in [2.75, 3.05) is 6.54 Å². The molecule has 0 atom stereocenters. The predicted octanol–water partition coefficient (Wildman–Crippen LogP) is 6.86. The minimum Gasteiger partial charge on any atom is -0.379 e. The average molecular weight is 562 g/mol. The lowest BCUT2D eigenvalue weighted by molar-refractivity contribution is -0.119. The van der Waals surface area contributed by atoms with Gasteiger partial charge >= 0.3 is 10.1 Å². The van der Waals surface area contributed by atoms with Crippen molar-refractivity contribution in [2.45, 2.75) is 84.5 Å². The minimum atomic E-state index is -4.00. The van der Waals surface area contributed by atoms with E-state index in [4.69, 9.17) is 4.18 Å². The summed E-state index contributed by atoms with van der Waals surface area (Å²) in [7, 11) is -4.00. The van der Waals surface area contributed by atoms with Gasteiger partial charge in [0.15, 0.2) is 11.6 Å². The molecule has 3 aliphatic rings. The Hall–Kier alpha value is -3.19. The molecule has 212 valence electrons. The van der Waals surface area contributed by atoms with Crippen molar-refractivity contribution in [3.8, 4) is 5.75 Å². The molecule has 0 spiro atoms. The molecule has 2 aromatic rings. The summed E-state index contributed by atoms with van der Waals surface area (Å²) in [4.78, 5) is 30.0. The molecule has 6 nitrogen and oxygen atoms in total. The van der Waals surface area contributed by atoms with Crippen LogP contribution in [0.5, 0.6) is 5.75 Å². The Labute approximate surface area is 238 Å². The van der Waals surface area contributed by atoms with Gasteiger partial charge in [0.1, 0.15) is 10.6 Å². The second kappa shape index (κ2) is 10.0. The van der Waals surface area contributed by atoms with Crippen molar-refractivity contribution in [3.63, 3.8) is 0 Å².